The van der Waals surface area contributed by atoms with Crippen LogP contribution in [0.5, 0.6) is 5.75 Å². The Kier molecular flexibility index (Phi) is 8.40. The average molecular weight is 372 g/mol. The Bertz CT molecular complexity index is 813. The van der Waals surface area contributed by atoms with E-state index in [9.17, 15) is 18.3 Å². The van der Waals surface area contributed by atoms with Gasteiger partial charge in [-0.3, -0.25) is 0 Å². The van der Waals surface area contributed by atoms with E-state index in [4.69, 9.17) is 10.5 Å². The third kappa shape index (κ3) is 6.68. The number of ether oxygens (including phenoxy) is 1. The molecule has 0 aromatic heterocycles. The molecule has 2 aromatic carbocycles. The minimum absolute atomic E-state index is 0. The van der Waals surface area contributed by atoms with Gasteiger partial charge in [-0.05, 0) is 36.2 Å². The number of carbonyl (C=O) groups is 1. The van der Waals surface area contributed by atoms with Crippen molar-refractivity contribution in [3.8, 4) is 5.75 Å². The summed E-state index contributed by atoms with van der Waals surface area (Å²) in [6.07, 6.45) is 0.428. The Morgan fingerprint density at radius 3 is 2.44 bits per heavy atom. The molecule has 9 heteroatoms. The fourth-order valence-electron chi connectivity index (χ4n) is 2.03. The number of hydrogen-bond donors (Lipinski definition) is 2. The Morgan fingerprint density at radius 1 is 1.16 bits per heavy atom. The first-order chi connectivity index (χ1) is 11.4. The van der Waals surface area contributed by atoms with E-state index < -0.39 is 22.6 Å². The zero-order valence-corrected chi connectivity index (χ0v) is 16.6. The maximum absolute atomic E-state index is 12.1. The van der Waals surface area contributed by atoms with Crippen molar-refractivity contribution in [1.82, 2.24) is 4.72 Å². The van der Waals surface area contributed by atoms with Gasteiger partial charge in [0, 0.05) is 6.54 Å². The monoisotopic (exact) mass is 372 g/mol. The predicted octanol–water partition coefficient (Wildman–Crippen LogP) is -3.08. The van der Waals surface area contributed by atoms with Crippen molar-refractivity contribution in [2.45, 2.75) is 11.3 Å². The van der Waals surface area contributed by atoms with Crippen LogP contribution in [0.3, 0.4) is 0 Å². The summed E-state index contributed by atoms with van der Waals surface area (Å²) in [6, 6.07) is 12.9. The fraction of sp³-hybridized carbons (Fsp3) is 0.188. The van der Waals surface area contributed by atoms with Crippen LogP contribution in [0.1, 0.15) is 5.56 Å². The van der Waals surface area contributed by atoms with Crippen LogP contribution >= 0.6 is 0 Å². The van der Waals surface area contributed by atoms with Gasteiger partial charge in [-0.15, -0.1) is 0 Å². The summed E-state index contributed by atoms with van der Waals surface area (Å²) in [7, 11) is -3.55. The molecule has 0 heterocycles. The molecule has 128 valence electrons. The van der Waals surface area contributed by atoms with E-state index in [1.54, 1.807) is 36.4 Å². The molecule has 0 fully saturated rings. The number of carboxylic acids is 1. The number of nitrogen functional groups attached to an aromatic ring is 1. The summed E-state index contributed by atoms with van der Waals surface area (Å²) in [4.78, 5) is 10.6. The summed E-state index contributed by atoms with van der Waals surface area (Å²) >= 11 is 0. The summed E-state index contributed by atoms with van der Waals surface area (Å²) in [6.45, 7) is -0.379. The molecule has 2 rings (SSSR count). The van der Waals surface area contributed by atoms with Crippen molar-refractivity contribution < 1.29 is 52.6 Å². The number of nitrogens with two attached hydrogens (primary N) is 1. The Hall–Kier alpha value is -1.58. The molecule has 0 amide bonds. The second-order valence-corrected chi connectivity index (χ2v) is 6.76. The zero-order chi connectivity index (χ0) is 17.6. The van der Waals surface area contributed by atoms with E-state index in [-0.39, 0.29) is 52.4 Å². The molecular weight excluding hydrogens is 355 g/mol. The number of hydrogen-bond acceptors (Lipinski definition) is 6. The van der Waals surface area contributed by atoms with Gasteiger partial charge in [0.25, 0.3) is 0 Å². The van der Waals surface area contributed by atoms with Crippen LogP contribution in [0, 0.1) is 0 Å². The molecular formula is C16H17N2NaO5S. The van der Waals surface area contributed by atoms with Gasteiger partial charge in [-0.2, -0.15) is 0 Å². The van der Waals surface area contributed by atoms with Gasteiger partial charge in [-0.25, -0.2) is 13.1 Å². The molecule has 0 atom stereocenters. The average Bonchev–Trinajstić information content (AvgIpc) is 2.54. The van der Waals surface area contributed by atoms with Crippen LogP contribution in [0.2, 0.25) is 0 Å². The second kappa shape index (κ2) is 9.79. The van der Waals surface area contributed by atoms with Gasteiger partial charge in [-0.1, -0.05) is 24.3 Å². The molecule has 3 N–H and O–H groups in total. The molecule has 0 spiro atoms. The molecule has 0 aliphatic carbocycles. The molecule has 0 bridgehead atoms. The van der Waals surface area contributed by atoms with Gasteiger partial charge in [0.2, 0.25) is 10.0 Å². The zero-order valence-electron chi connectivity index (χ0n) is 13.8. The van der Waals surface area contributed by atoms with Crippen molar-refractivity contribution in [1.29, 1.82) is 0 Å². The van der Waals surface area contributed by atoms with Gasteiger partial charge in [0.1, 0.15) is 12.4 Å². The number of carbonyl (C=O) groups excluding carboxylic acids is 1. The molecule has 0 aliphatic heterocycles. The van der Waals surface area contributed by atoms with Gasteiger partial charge in [0.15, 0.2) is 0 Å². The van der Waals surface area contributed by atoms with E-state index in [0.29, 0.717) is 6.42 Å². The fourth-order valence-corrected chi connectivity index (χ4v) is 3.09. The van der Waals surface area contributed by atoms with Gasteiger partial charge < -0.3 is 20.4 Å². The molecule has 0 unspecified atom stereocenters. The minimum atomic E-state index is -3.55. The first-order valence-electron chi connectivity index (χ1n) is 7.14. The SMILES string of the molecule is Nc1cc(CCNS(=O)(=O)c2ccccc2)ccc1OCC(=O)[O-].[Na+]. The second-order valence-electron chi connectivity index (χ2n) is 4.99. The predicted molar refractivity (Wildman–Crippen MR) is 86.7 cm³/mol. The van der Waals surface area contributed by atoms with Crippen LogP contribution in [-0.4, -0.2) is 27.5 Å². The normalized spacial score (nSPS) is 10.7. The summed E-state index contributed by atoms with van der Waals surface area (Å²) < 4.78 is 31.6. The minimum Gasteiger partial charge on any atom is -0.546 e. The van der Waals surface area contributed by atoms with Crippen molar-refractivity contribution >= 4 is 21.7 Å². The summed E-state index contributed by atoms with van der Waals surface area (Å²) in [5, 5.41) is 10.4. The number of carboxylic acid groups (broad SMARTS) is 1. The topological polar surface area (TPSA) is 122 Å². The number of rotatable bonds is 8. The Labute approximate surface area is 168 Å². The maximum atomic E-state index is 12.1. The smallest absolute Gasteiger partial charge is 0.546 e. The molecule has 0 aliphatic rings. The number of benzene rings is 2. The van der Waals surface area contributed by atoms with Crippen molar-refractivity contribution in [2.75, 3.05) is 18.9 Å². The third-order valence-corrected chi connectivity index (χ3v) is 4.66. The quantitative estimate of drug-likeness (QED) is 0.374. The van der Waals surface area contributed by atoms with Crippen LogP contribution in [0.25, 0.3) is 0 Å². The first kappa shape index (κ1) is 21.5. The van der Waals surface area contributed by atoms with E-state index in [1.807, 2.05) is 0 Å². The van der Waals surface area contributed by atoms with Gasteiger partial charge in [0.05, 0.1) is 16.6 Å². The third-order valence-electron chi connectivity index (χ3n) is 3.18. The number of aliphatic carboxylic acids is 1. The number of nitrogens with one attached hydrogen (secondary N) is 1. The van der Waals surface area contributed by atoms with Crippen molar-refractivity contribution in [3.63, 3.8) is 0 Å². The van der Waals surface area contributed by atoms with Crippen molar-refractivity contribution in [3.05, 3.63) is 54.1 Å². The van der Waals surface area contributed by atoms with E-state index >= 15 is 0 Å². The van der Waals surface area contributed by atoms with E-state index in [2.05, 4.69) is 4.72 Å². The van der Waals surface area contributed by atoms with Crippen LogP contribution < -0.4 is 49.9 Å². The molecule has 25 heavy (non-hydrogen) atoms. The molecule has 7 nitrogen and oxygen atoms in total. The van der Waals surface area contributed by atoms with E-state index in [1.165, 1.54) is 12.1 Å². The van der Waals surface area contributed by atoms with Crippen LogP contribution in [0.15, 0.2) is 53.4 Å². The first-order valence-corrected chi connectivity index (χ1v) is 8.62. The summed E-state index contributed by atoms with van der Waals surface area (Å²) in [5.41, 5.74) is 6.85. The molecule has 2 aromatic rings. The number of anilines is 1. The Balaban J connectivity index is 0.00000312. The van der Waals surface area contributed by atoms with Crippen molar-refractivity contribution in [2.24, 2.45) is 0 Å². The molecule has 0 radical (unpaired) electrons. The Morgan fingerprint density at radius 2 is 1.84 bits per heavy atom. The summed E-state index contributed by atoms with van der Waals surface area (Å²) in [5.74, 6) is -1.10. The molecule has 0 saturated carbocycles. The van der Waals surface area contributed by atoms with Gasteiger partial charge >= 0.3 is 29.6 Å². The van der Waals surface area contributed by atoms with E-state index in [0.717, 1.165) is 5.56 Å². The largest absolute Gasteiger partial charge is 1.00 e. The standard InChI is InChI=1S/C16H18N2O5S.Na/c17-14-10-12(6-7-15(14)23-11-16(19)20)8-9-18-24(21,22)13-4-2-1-3-5-13;/h1-7,10,18H,8-9,11,17H2,(H,19,20);/q;+1/p-1. The van der Waals surface area contributed by atoms with Crippen LogP contribution in [0.4, 0.5) is 5.69 Å². The number of sulfonamides is 1. The maximum Gasteiger partial charge on any atom is 1.00 e. The molecule has 0 saturated heterocycles. The van der Waals surface area contributed by atoms with Crippen LogP contribution in [-0.2, 0) is 21.2 Å².